The molecule has 1 aliphatic rings. The second-order valence-corrected chi connectivity index (χ2v) is 3.46. The van der Waals surface area contributed by atoms with Crippen LogP contribution in [0.1, 0.15) is 13.3 Å². The molecular formula is C8H11ClFN. The molecule has 2 atom stereocenters. The van der Waals surface area contributed by atoms with Crippen molar-refractivity contribution in [3.05, 3.63) is 23.8 Å². The minimum atomic E-state index is -1.72. The van der Waals surface area contributed by atoms with Crippen LogP contribution in [0.2, 0.25) is 0 Å². The van der Waals surface area contributed by atoms with Gasteiger partial charge in [-0.1, -0.05) is 23.8 Å². The number of halogens is 2. The van der Waals surface area contributed by atoms with Crippen LogP contribution >= 0.6 is 11.6 Å². The summed E-state index contributed by atoms with van der Waals surface area (Å²) in [5, 5.41) is -1.72. The van der Waals surface area contributed by atoms with Gasteiger partial charge in [0.2, 0.25) is 5.13 Å². The van der Waals surface area contributed by atoms with E-state index in [1.807, 2.05) is 13.0 Å². The van der Waals surface area contributed by atoms with Gasteiger partial charge in [0.1, 0.15) is 0 Å². The van der Waals surface area contributed by atoms with Crippen molar-refractivity contribution in [2.45, 2.75) is 24.5 Å². The van der Waals surface area contributed by atoms with Gasteiger partial charge >= 0.3 is 0 Å². The molecule has 0 bridgehead atoms. The van der Waals surface area contributed by atoms with Crippen LogP contribution < -0.4 is 5.73 Å². The fourth-order valence-electron chi connectivity index (χ4n) is 1.02. The fourth-order valence-corrected chi connectivity index (χ4v) is 1.24. The summed E-state index contributed by atoms with van der Waals surface area (Å²) in [5.74, 6) is 0. The van der Waals surface area contributed by atoms with E-state index < -0.39 is 5.13 Å². The van der Waals surface area contributed by atoms with Crippen molar-refractivity contribution in [1.29, 1.82) is 0 Å². The summed E-state index contributed by atoms with van der Waals surface area (Å²) in [4.78, 5) is 0. The molecule has 1 nitrogen and oxygen atoms in total. The van der Waals surface area contributed by atoms with E-state index in [0.717, 1.165) is 5.57 Å². The highest BCUT2D eigenvalue weighted by Crippen LogP contribution is 2.31. The molecule has 0 aromatic carbocycles. The molecule has 3 heteroatoms. The molecule has 1 rings (SSSR count). The third-order valence-electron chi connectivity index (χ3n) is 1.68. The standard InChI is InChI=1S/C8H11ClFN/c1-6(11)7-3-2-4-8(9,10)5-7/h2-4,6H,5,11H2,1H3. The van der Waals surface area contributed by atoms with Gasteiger partial charge in [0.05, 0.1) is 0 Å². The highest BCUT2D eigenvalue weighted by atomic mass is 35.5. The summed E-state index contributed by atoms with van der Waals surface area (Å²) in [6.45, 7) is 1.82. The first kappa shape index (κ1) is 8.75. The summed E-state index contributed by atoms with van der Waals surface area (Å²) >= 11 is 5.46. The molecule has 1 aliphatic carbocycles. The van der Waals surface area contributed by atoms with Crippen molar-refractivity contribution in [2.24, 2.45) is 5.73 Å². The van der Waals surface area contributed by atoms with Gasteiger partial charge in [0, 0.05) is 12.5 Å². The first-order chi connectivity index (χ1) is 5.01. The molecule has 0 aromatic heterocycles. The number of hydrogen-bond donors (Lipinski definition) is 1. The minimum Gasteiger partial charge on any atom is -0.324 e. The Kier molecular flexibility index (Phi) is 2.35. The Hall–Kier alpha value is -0.340. The van der Waals surface area contributed by atoms with E-state index in [4.69, 9.17) is 17.3 Å². The monoisotopic (exact) mass is 175 g/mol. The third-order valence-corrected chi connectivity index (χ3v) is 1.93. The second kappa shape index (κ2) is 2.95. The largest absolute Gasteiger partial charge is 0.324 e. The predicted octanol–water partition coefficient (Wildman–Crippen LogP) is 2.12. The van der Waals surface area contributed by atoms with Crippen molar-refractivity contribution in [3.8, 4) is 0 Å². The summed E-state index contributed by atoms with van der Waals surface area (Å²) in [6, 6.07) is -0.117. The van der Waals surface area contributed by atoms with Gasteiger partial charge in [-0.2, -0.15) is 0 Å². The van der Waals surface area contributed by atoms with Gasteiger partial charge in [0.25, 0.3) is 0 Å². The molecule has 0 fully saturated rings. The fraction of sp³-hybridized carbons (Fsp3) is 0.500. The Balaban J connectivity index is 2.73. The van der Waals surface area contributed by atoms with Crippen molar-refractivity contribution in [2.75, 3.05) is 0 Å². The van der Waals surface area contributed by atoms with E-state index in [-0.39, 0.29) is 12.5 Å². The highest BCUT2D eigenvalue weighted by molar-refractivity contribution is 6.24. The minimum absolute atomic E-state index is 0.117. The summed E-state index contributed by atoms with van der Waals surface area (Å²) in [6.07, 6.45) is 4.95. The lowest BCUT2D eigenvalue weighted by Crippen LogP contribution is -2.25. The van der Waals surface area contributed by atoms with Crippen LogP contribution in [0.5, 0.6) is 0 Å². The average Bonchev–Trinajstić information content (AvgIpc) is 1.85. The molecule has 0 saturated heterocycles. The van der Waals surface area contributed by atoms with Gasteiger partial charge in [-0.25, -0.2) is 4.39 Å². The van der Waals surface area contributed by atoms with E-state index in [2.05, 4.69) is 0 Å². The maximum Gasteiger partial charge on any atom is 0.206 e. The van der Waals surface area contributed by atoms with Crippen LogP contribution in [0.15, 0.2) is 23.8 Å². The maximum absolute atomic E-state index is 13.1. The molecule has 0 spiro atoms. The number of nitrogens with two attached hydrogens (primary N) is 1. The molecule has 62 valence electrons. The Morgan fingerprint density at radius 1 is 1.82 bits per heavy atom. The zero-order chi connectivity index (χ0) is 8.48. The van der Waals surface area contributed by atoms with Crippen molar-refractivity contribution >= 4 is 11.6 Å². The van der Waals surface area contributed by atoms with E-state index in [1.54, 1.807) is 6.08 Å². The quantitative estimate of drug-likeness (QED) is 0.607. The molecule has 0 saturated carbocycles. The van der Waals surface area contributed by atoms with Crippen LogP contribution in [0.25, 0.3) is 0 Å². The first-order valence-corrected chi connectivity index (χ1v) is 3.91. The molecule has 0 aliphatic heterocycles. The molecule has 0 amide bonds. The normalized spacial score (nSPS) is 33.3. The first-order valence-electron chi connectivity index (χ1n) is 3.53. The second-order valence-electron chi connectivity index (χ2n) is 2.83. The number of hydrogen-bond acceptors (Lipinski definition) is 1. The van der Waals surface area contributed by atoms with Crippen molar-refractivity contribution in [3.63, 3.8) is 0 Å². The molecule has 11 heavy (non-hydrogen) atoms. The highest BCUT2D eigenvalue weighted by Gasteiger charge is 2.27. The molecule has 0 aromatic rings. The average molecular weight is 176 g/mol. The van der Waals surface area contributed by atoms with E-state index >= 15 is 0 Å². The van der Waals surface area contributed by atoms with Crippen LogP contribution in [-0.4, -0.2) is 11.2 Å². The lowest BCUT2D eigenvalue weighted by molar-refractivity contribution is 0.336. The van der Waals surface area contributed by atoms with Crippen molar-refractivity contribution in [1.82, 2.24) is 0 Å². The smallest absolute Gasteiger partial charge is 0.206 e. The third kappa shape index (κ3) is 2.31. The summed E-state index contributed by atoms with van der Waals surface area (Å²) in [5.41, 5.74) is 6.41. The topological polar surface area (TPSA) is 26.0 Å². The molecule has 0 radical (unpaired) electrons. The Morgan fingerprint density at radius 3 is 2.82 bits per heavy atom. The van der Waals surface area contributed by atoms with E-state index in [0.29, 0.717) is 0 Å². The zero-order valence-corrected chi connectivity index (χ0v) is 7.11. The predicted molar refractivity (Wildman–Crippen MR) is 45.2 cm³/mol. The van der Waals surface area contributed by atoms with Gasteiger partial charge in [-0.05, 0) is 18.6 Å². The van der Waals surface area contributed by atoms with Crippen LogP contribution in [-0.2, 0) is 0 Å². The number of allylic oxidation sites excluding steroid dienone is 3. The van der Waals surface area contributed by atoms with E-state index in [9.17, 15) is 4.39 Å². The van der Waals surface area contributed by atoms with Crippen LogP contribution in [0, 0.1) is 0 Å². The Labute approximate surface area is 70.7 Å². The van der Waals surface area contributed by atoms with Gasteiger partial charge < -0.3 is 5.73 Å². The number of rotatable bonds is 1. The lowest BCUT2D eigenvalue weighted by Gasteiger charge is -2.21. The molecular weight excluding hydrogens is 165 g/mol. The number of alkyl halides is 2. The summed E-state index contributed by atoms with van der Waals surface area (Å²) < 4.78 is 13.1. The van der Waals surface area contributed by atoms with Crippen LogP contribution in [0.3, 0.4) is 0 Å². The van der Waals surface area contributed by atoms with Gasteiger partial charge in [0.15, 0.2) is 0 Å². The van der Waals surface area contributed by atoms with Gasteiger partial charge in [-0.3, -0.25) is 0 Å². The summed E-state index contributed by atoms with van der Waals surface area (Å²) in [7, 11) is 0. The molecule has 2 N–H and O–H groups in total. The lowest BCUT2D eigenvalue weighted by atomic mass is 9.98. The van der Waals surface area contributed by atoms with Crippen molar-refractivity contribution < 1.29 is 4.39 Å². The Bertz CT molecular complexity index is 206. The molecule has 2 unspecified atom stereocenters. The van der Waals surface area contributed by atoms with Gasteiger partial charge in [-0.15, -0.1) is 0 Å². The Morgan fingerprint density at radius 2 is 2.45 bits per heavy atom. The molecule has 0 heterocycles. The zero-order valence-electron chi connectivity index (χ0n) is 6.35. The van der Waals surface area contributed by atoms with Crippen LogP contribution in [0.4, 0.5) is 4.39 Å². The van der Waals surface area contributed by atoms with E-state index in [1.165, 1.54) is 6.08 Å². The maximum atomic E-state index is 13.1. The SMILES string of the molecule is CC(N)C1=CC=CC(F)(Cl)C1.